The van der Waals surface area contributed by atoms with Crippen LogP contribution in [0.5, 0.6) is 0 Å². The summed E-state index contributed by atoms with van der Waals surface area (Å²) in [6, 6.07) is 11.1. The van der Waals surface area contributed by atoms with Crippen LogP contribution in [0, 0.1) is 0 Å². The predicted octanol–water partition coefficient (Wildman–Crippen LogP) is 2.38. The molecule has 0 saturated carbocycles. The molecule has 3 heteroatoms. The van der Waals surface area contributed by atoms with Gasteiger partial charge in [0.05, 0.1) is 5.56 Å². The maximum atomic E-state index is 12.3. The second-order valence-electron chi connectivity index (χ2n) is 4.58. The minimum atomic E-state index is -0.0460. The van der Waals surface area contributed by atoms with Crippen molar-refractivity contribution in [3.05, 3.63) is 58.8 Å². The molecule has 3 nitrogen and oxygen atoms in total. The summed E-state index contributed by atoms with van der Waals surface area (Å²) in [5.74, 6) is 0.305. The van der Waals surface area contributed by atoms with Crippen molar-refractivity contribution in [3.63, 3.8) is 0 Å². The lowest BCUT2D eigenvalue weighted by Gasteiger charge is -2.07. The molecule has 1 aliphatic carbocycles. The van der Waals surface area contributed by atoms with Crippen molar-refractivity contribution in [2.75, 3.05) is 5.73 Å². The van der Waals surface area contributed by atoms with Gasteiger partial charge in [-0.3, -0.25) is 4.79 Å². The standard InChI is InChI=1S/C15H14N2O/c16-15-12(9-11-7-4-8-13(11)17-15)14(18)10-5-2-1-3-6-10/h1-3,5-6,9H,4,7-8H2,(H2,16,17). The summed E-state index contributed by atoms with van der Waals surface area (Å²) in [4.78, 5) is 16.7. The van der Waals surface area contributed by atoms with Crippen LogP contribution < -0.4 is 5.73 Å². The average molecular weight is 238 g/mol. The zero-order valence-electron chi connectivity index (χ0n) is 10.0. The predicted molar refractivity (Wildman–Crippen MR) is 70.5 cm³/mol. The van der Waals surface area contributed by atoms with E-state index in [4.69, 9.17) is 5.73 Å². The molecule has 0 saturated heterocycles. The highest BCUT2D eigenvalue weighted by molar-refractivity contribution is 6.11. The number of ketones is 1. The smallest absolute Gasteiger partial charge is 0.196 e. The Bertz CT molecular complexity index is 605. The van der Waals surface area contributed by atoms with Gasteiger partial charge >= 0.3 is 0 Å². The number of anilines is 1. The summed E-state index contributed by atoms with van der Waals surface area (Å²) in [5, 5.41) is 0. The first-order chi connectivity index (χ1) is 8.75. The van der Waals surface area contributed by atoms with E-state index in [2.05, 4.69) is 4.98 Å². The minimum absolute atomic E-state index is 0.0460. The summed E-state index contributed by atoms with van der Waals surface area (Å²) >= 11 is 0. The Balaban J connectivity index is 2.05. The Hall–Kier alpha value is -2.16. The number of carbonyl (C=O) groups excluding carboxylic acids is 1. The lowest BCUT2D eigenvalue weighted by atomic mass is 10.0. The molecule has 0 unspecified atom stereocenters. The molecule has 0 atom stereocenters. The zero-order valence-corrected chi connectivity index (χ0v) is 10.0. The second-order valence-corrected chi connectivity index (χ2v) is 4.58. The minimum Gasteiger partial charge on any atom is -0.383 e. The molecule has 1 heterocycles. The SMILES string of the molecule is Nc1nc2c(cc1C(=O)c1ccccc1)CCC2. The third kappa shape index (κ3) is 1.78. The van der Waals surface area contributed by atoms with Gasteiger partial charge in [0.15, 0.2) is 5.78 Å². The molecule has 2 aromatic rings. The fourth-order valence-corrected chi connectivity index (χ4v) is 2.42. The summed E-state index contributed by atoms with van der Waals surface area (Å²) in [5.41, 5.74) is 9.31. The van der Waals surface area contributed by atoms with E-state index in [-0.39, 0.29) is 5.78 Å². The van der Waals surface area contributed by atoms with Crippen LogP contribution >= 0.6 is 0 Å². The van der Waals surface area contributed by atoms with Crippen LogP contribution in [-0.2, 0) is 12.8 Å². The number of carbonyl (C=O) groups is 1. The fourth-order valence-electron chi connectivity index (χ4n) is 2.42. The number of nitrogens with two attached hydrogens (primary N) is 1. The summed E-state index contributed by atoms with van der Waals surface area (Å²) in [6.45, 7) is 0. The normalized spacial score (nSPS) is 13.3. The van der Waals surface area contributed by atoms with E-state index in [1.165, 1.54) is 5.56 Å². The summed E-state index contributed by atoms with van der Waals surface area (Å²) in [7, 11) is 0. The van der Waals surface area contributed by atoms with Crippen LogP contribution in [-0.4, -0.2) is 10.8 Å². The number of hydrogen-bond acceptors (Lipinski definition) is 3. The second kappa shape index (κ2) is 4.26. The van der Waals surface area contributed by atoms with Crippen LogP contribution in [0.15, 0.2) is 36.4 Å². The zero-order chi connectivity index (χ0) is 12.5. The highest BCUT2D eigenvalue weighted by Crippen LogP contribution is 2.25. The van der Waals surface area contributed by atoms with Crippen LogP contribution in [0.25, 0.3) is 0 Å². The molecular formula is C15H14N2O. The van der Waals surface area contributed by atoms with Gasteiger partial charge < -0.3 is 5.73 Å². The number of pyridine rings is 1. The Morgan fingerprint density at radius 1 is 1.17 bits per heavy atom. The van der Waals surface area contributed by atoms with Crippen molar-refractivity contribution in [3.8, 4) is 0 Å². The monoisotopic (exact) mass is 238 g/mol. The van der Waals surface area contributed by atoms with Crippen molar-refractivity contribution < 1.29 is 4.79 Å². The molecule has 0 amide bonds. The van der Waals surface area contributed by atoms with Gasteiger partial charge in [-0.25, -0.2) is 4.98 Å². The van der Waals surface area contributed by atoms with Gasteiger partial charge in [-0.05, 0) is 30.9 Å². The van der Waals surface area contributed by atoms with Crippen molar-refractivity contribution in [2.24, 2.45) is 0 Å². The number of benzene rings is 1. The van der Waals surface area contributed by atoms with E-state index in [1.807, 2.05) is 24.3 Å². The molecule has 1 aromatic heterocycles. The summed E-state index contributed by atoms with van der Waals surface area (Å²) < 4.78 is 0. The summed E-state index contributed by atoms with van der Waals surface area (Å²) in [6.07, 6.45) is 3.07. The average Bonchev–Trinajstić information content (AvgIpc) is 2.85. The third-order valence-electron chi connectivity index (χ3n) is 3.36. The van der Waals surface area contributed by atoms with E-state index in [0.29, 0.717) is 16.9 Å². The van der Waals surface area contributed by atoms with Gasteiger partial charge in [-0.1, -0.05) is 30.3 Å². The number of rotatable bonds is 2. The van der Waals surface area contributed by atoms with E-state index in [1.54, 1.807) is 12.1 Å². The van der Waals surface area contributed by atoms with Crippen LogP contribution in [0.3, 0.4) is 0 Å². The first kappa shape index (κ1) is 11.0. The highest BCUT2D eigenvalue weighted by atomic mass is 16.1. The first-order valence-corrected chi connectivity index (χ1v) is 6.14. The lowest BCUT2D eigenvalue weighted by Crippen LogP contribution is -2.09. The van der Waals surface area contributed by atoms with Gasteiger partial charge in [-0.2, -0.15) is 0 Å². The molecule has 0 radical (unpaired) electrons. The molecule has 0 spiro atoms. The topological polar surface area (TPSA) is 56.0 Å². The fraction of sp³-hybridized carbons (Fsp3) is 0.200. The number of fused-ring (bicyclic) bond motifs is 1. The van der Waals surface area contributed by atoms with Crippen LogP contribution in [0.2, 0.25) is 0 Å². The van der Waals surface area contributed by atoms with Gasteiger partial charge in [0.25, 0.3) is 0 Å². The van der Waals surface area contributed by atoms with Gasteiger partial charge in [0.1, 0.15) is 5.82 Å². The van der Waals surface area contributed by atoms with Gasteiger partial charge in [-0.15, -0.1) is 0 Å². The van der Waals surface area contributed by atoms with Crippen LogP contribution in [0.4, 0.5) is 5.82 Å². The number of aryl methyl sites for hydroxylation is 2. The first-order valence-electron chi connectivity index (χ1n) is 6.14. The Morgan fingerprint density at radius 3 is 2.72 bits per heavy atom. The van der Waals surface area contributed by atoms with Crippen LogP contribution in [0.1, 0.15) is 33.6 Å². The molecule has 18 heavy (non-hydrogen) atoms. The lowest BCUT2D eigenvalue weighted by molar-refractivity contribution is 0.103. The maximum Gasteiger partial charge on any atom is 0.196 e. The van der Waals surface area contributed by atoms with Crippen molar-refractivity contribution in [2.45, 2.75) is 19.3 Å². The molecule has 0 aliphatic heterocycles. The Labute approximate surface area is 106 Å². The van der Waals surface area contributed by atoms with E-state index in [9.17, 15) is 4.79 Å². The molecule has 0 bridgehead atoms. The molecule has 1 aliphatic rings. The number of hydrogen-bond donors (Lipinski definition) is 1. The van der Waals surface area contributed by atoms with Crippen molar-refractivity contribution in [1.29, 1.82) is 0 Å². The number of nitrogen functional groups attached to an aromatic ring is 1. The van der Waals surface area contributed by atoms with E-state index in [0.717, 1.165) is 25.0 Å². The molecule has 1 aromatic carbocycles. The highest BCUT2D eigenvalue weighted by Gasteiger charge is 2.19. The molecular weight excluding hydrogens is 224 g/mol. The molecule has 90 valence electrons. The Morgan fingerprint density at radius 2 is 1.94 bits per heavy atom. The molecule has 2 N–H and O–H groups in total. The molecule has 3 rings (SSSR count). The number of nitrogens with zero attached hydrogens (tertiary/aromatic N) is 1. The third-order valence-corrected chi connectivity index (χ3v) is 3.36. The van der Waals surface area contributed by atoms with Gasteiger partial charge in [0.2, 0.25) is 0 Å². The molecule has 0 fully saturated rings. The Kier molecular flexibility index (Phi) is 2.59. The quantitative estimate of drug-likeness (QED) is 0.817. The largest absolute Gasteiger partial charge is 0.383 e. The number of aromatic nitrogens is 1. The van der Waals surface area contributed by atoms with Crippen molar-refractivity contribution in [1.82, 2.24) is 4.98 Å². The van der Waals surface area contributed by atoms with E-state index >= 15 is 0 Å². The van der Waals surface area contributed by atoms with E-state index < -0.39 is 0 Å². The maximum absolute atomic E-state index is 12.3. The van der Waals surface area contributed by atoms with Crippen molar-refractivity contribution >= 4 is 11.6 Å². The van der Waals surface area contributed by atoms with Gasteiger partial charge in [0, 0.05) is 11.3 Å².